The van der Waals surface area contributed by atoms with Gasteiger partial charge in [0.05, 0.1) is 0 Å². The van der Waals surface area contributed by atoms with Crippen LogP contribution < -0.4 is 5.32 Å². The van der Waals surface area contributed by atoms with Crippen LogP contribution in [0.15, 0.2) is 54.6 Å². The molecule has 130 valence electrons. The fourth-order valence-corrected chi connectivity index (χ4v) is 3.28. The van der Waals surface area contributed by atoms with Crippen LogP contribution in [0.1, 0.15) is 27.9 Å². The molecule has 4 nitrogen and oxygen atoms in total. The lowest BCUT2D eigenvalue weighted by molar-refractivity contribution is -0.127. The summed E-state index contributed by atoms with van der Waals surface area (Å²) in [5.41, 5.74) is 2.91. The molecule has 3 rings (SSSR count). The molecule has 0 aliphatic carbocycles. The highest BCUT2D eigenvalue weighted by Crippen LogP contribution is 2.18. The molecule has 1 atom stereocenters. The van der Waals surface area contributed by atoms with Gasteiger partial charge in [-0.2, -0.15) is 0 Å². The summed E-state index contributed by atoms with van der Waals surface area (Å²) in [4.78, 5) is 26.4. The van der Waals surface area contributed by atoms with Gasteiger partial charge in [-0.25, -0.2) is 0 Å². The summed E-state index contributed by atoms with van der Waals surface area (Å²) in [6.45, 7) is 3.94. The Morgan fingerprint density at radius 1 is 1.12 bits per heavy atom. The summed E-state index contributed by atoms with van der Waals surface area (Å²) >= 11 is 0. The first kappa shape index (κ1) is 17.2. The van der Waals surface area contributed by atoms with E-state index in [1.165, 1.54) is 5.56 Å². The number of hydrogen-bond acceptors (Lipinski definition) is 2. The van der Waals surface area contributed by atoms with E-state index >= 15 is 0 Å². The number of aryl methyl sites for hydroxylation is 1. The SMILES string of the molecule is Cc1ccccc1C(=O)NCC1CC(=O)N(CCc2ccccc2)C1. The van der Waals surface area contributed by atoms with Gasteiger partial charge >= 0.3 is 0 Å². The van der Waals surface area contributed by atoms with Crippen LogP contribution in [-0.2, 0) is 11.2 Å². The van der Waals surface area contributed by atoms with Crippen molar-refractivity contribution in [3.63, 3.8) is 0 Å². The molecular weight excluding hydrogens is 312 g/mol. The van der Waals surface area contributed by atoms with Gasteiger partial charge in [0.25, 0.3) is 5.91 Å². The second kappa shape index (κ2) is 7.97. The van der Waals surface area contributed by atoms with Crippen LogP contribution in [0.2, 0.25) is 0 Å². The molecule has 1 heterocycles. The second-order valence-corrected chi connectivity index (χ2v) is 6.67. The Morgan fingerprint density at radius 2 is 1.84 bits per heavy atom. The summed E-state index contributed by atoms with van der Waals surface area (Å²) in [5.74, 6) is 0.315. The Hall–Kier alpha value is -2.62. The van der Waals surface area contributed by atoms with E-state index in [4.69, 9.17) is 0 Å². The number of rotatable bonds is 6. The van der Waals surface area contributed by atoms with Crippen LogP contribution in [0.3, 0.4) is 0 Å². The topological polar surface area (TPSA) is 49.4 Å². The van der Waals surface area contributed by atoms with Crippen LogP contribution in [0, 0.1) is 12.8 Å². The Balaban J connectivity index is 1.48. The molecule has 1 fully saturated rings. The number of amides is 2. The van der Waals surface area contributed by atoms with Crippen molar-refractivity contribution in [1.82, 2.24) is 10.2 Å². The highest BCUT2D eigenvalue weighted by Gasteiger charge is 2.29. The van der Waals surface area contributed by atoms with Crippen molar-refractivity contribution >= 4 is 11.8 Å². The van der Waals surface area contributed by atoms with Crippen molar-refractivity contribution in [1.29, 1.82) is 0 Å². The van der Waals surface area contributed by atoms with Gasteiger partial charge in [0.2, 0.25) is 5.91 Å². The molecule has 25 heavy (non-hydrogen) atoms. The first-order valence-corrected chi connectivity index (χ1v) is 8.79. The maximum absolute atomic E-state index is 12.3. The Morgan fingerprint density at radius 3 is 2.60 bits per heavy atom. The van der Waals surface area contributed by atoms with Crippen LogP contribution in [0.4, 0.5) is 0 Å². The summed E-state index contributed by atoms with van der Waals surface area (Å²) in [7, 11) is 0. The van der Waals surface area contributed by atoms with E-state index in [2.05, 4.69) is 17.4 Å². The van der Waals surface area contributed by atoms with Crippen LogP contribution in [-0.4, -0.2) is 36.3 Å². The van der Waals surface area contributed by atoms with E-state index in [9.17, 15) is 9.59 Å². The van der Waals surface area contributed by atoms with E-state index in [0.29, 0.717) is 18.5 Å². The zero-order valence-corrected chi connectivity index (χ0v) is 14.6. The minimum atomic E-state index is -0.0618. The third-order valence-electron chi connectivity index (χ3n) is 4.75. The smallest absolute Gasteiger partial charge is 0.251 e. The predicted molar refractivity (Wildman–Crippen MR) is 98.3 cm³/mol. The molecule has 0 spiro atoms. The third-order valence-corrected chi connectivity index (χ3v) is 4.75. The number of carbonyl (C=O) groups is 2. The molecule has 0 aromatic heterocycles. The van der Waals surface area contributed by atoms with Gasteiger partial charge < -0.3 is 10.2 Å². The van der Waals surface area contributed by atoms with Gasteiger partial charge in [-0.05, 0) is 30.5 Å². The molecule has 1 saturated heterocycles. The van der Waals surface area contributed by atoms with Crippen molar-refractivity contribution in [2.75, 3.05) is 19.6 Å². The van der Waals surface area contributed by atoms with Crippen LogP contribution in [0.25, 0.3) is 0 Å². The van der Waals surface area contributed by atoms with Gasteiger partial charge in [0.1, 0.15) is 0 Å². The van der Waals surface area contributed by atoms with E-state index in [1.807, 2.05) is 54.3 Å². The van der Waals surface area contributed by atoms with E-state index in [1.54, 1.807) is 0 Å². The molecule has 0 bridgehead atoms. The van der Waals surface area contributed by atoms with Crippen molar-refractivity contribution in [2.24, 2.45) is 5.92 Å². The quantitative estimate of drug-likeness (QED) is 0.882. The molecule has 1 aliphatic rings. The van der Waals surface area contributed by atoms with E-state index < -0.39 is 0 Å². The van der Waals surface area contributed by atoms with Crippen molar-refractivity contribution in [3.8, 4) is 0 Å². The Kier molecular flexibility index (Phi) is 5.49. The van der Waals surface area contributed by atoms with Gasteiger partial charge in [0.15, 0.2) is 0 Å². The average molecular weight is 336 g/mol. The van der Waals surface area contributed by atoms with Gasteiger partial charge in [-0.15, -0.1) is 0 Å². The monoisotopic (exact) mass is 336 g/mol. The number of nitrogens with zero attached hydrogens (tertiary/aromatic N) is 1. The lowest BCUT2D eigenvalue weighted by atomic mass is 10.1. The van der Waals surface area contributed by atoms with Gasteiger partial charge in [-0.3, -0.25) is 9.59 Å². The van der Waals surface area contributed by atoms with Crippen LogP contribution >= 0.6 is 0 Å². The lowest BCUT2D eigenvalue weighted by Gasteiger charge is -2.17. The van der Waals surface area contributed by atoms with E-state index in [0.717, 1.165) is 25.1 Å². The molecule has 0 saturated carbocycles. The first-order chi connectivity index (χ1) is 12.1. The number of hydrogen-bond donors (Lipinski definition) is 1. The zero-order chi connectivity index (χ0) is 17.6. The molecule has 1 aliphatic heterocycles. The maximum Gasteiger partial charge on any atom is 0.251 e. The highest BCUT2D eigenvalue weighted by atomic mass is 16.2. The van der Waals surface area contributed by atoms with E-state index in [-0.39, 0.29) is 17.7 Å². The Bertz CT molecular complexity index is 743. The van der Waals surface area contributed by atoms with Crippen molar-refractivity contribution in [2.45, 2.75) is 19.8 Å². The molecule has 0 radical (unpaired) electrons. The van der Waals surface area contributed by atoms with Gasteiger partial charge in [-0.1, -0.05) is 48.5 Å². The number of benzene rings is 2. The summed E-state index contributed by atoms with van der Waals surface area (Å²) in [5, 5.41) is 2.98. The van der Waals surface area contributed by atoms with Crippen LogP contribution in [0.5, 0.6) is 0 Å². The number of carbonyl (C=O) groups excluding carboxylic acids is 2. The summed E-state index contributed by atoms with van der Waals surface area (Å²) in [6.07, 6.45) is 1.39. The fraction of sp³-hybridized carbons (Fsp3) is 0.333. The zero-order valence-electron chi connectivity index (χ0n) is 14.6. The summed E-state index contributed by atoms with van der Waals surface area (Å²) in [6, 6.07) is 17.8. The minimum absolute atomic E-state index is 0.0618. The molecule has 2 aromatic rings. The molecule has 2 aromatic carbocycles. The van der Waals surface area contributed by atoms with Crippen molar-refractivity contribution < 1.29 is 9.59 Å². The van der Waals surface area contributed by atoms with Gasteiger partial charge in [0, 0.05) is 37.5 Å². The maximum atomic E-state index is 12.3. The molecular formula is C21H24N2O2. The molecule has 2 amide bonds. The Labute approximate surface area is 148 Å². The third kappa shape index (κ3) is 4.47. The molecule has 4 heteroatoms. The molecule has 1 N–H and O–H groups in total. The average Bonchev–Trinajstić information content (AvgIpc) is 2.99. The fourth-order valence-electron chi connectivity index (χ4n) is 3.28. The highest BCUT2D eigenvalue weighted by molar-refractivity contribution is 5.95. The lowest BCUT2D eigenvalue weighted by Crippen LogP contribution is -2.32. The normalized spacial score (nSPS) is 16.9. The predicted octanol–water partition coefficient (Wildman–Crippen LogP) is 2.82. The number of likely N-dealkylation sites (tertiary alicyclic amines) is 1. The second-order valence-electron chi connectivity index (χ2n) is 6.67. The largest absolute Gasteiger partial charge is 0.352 e. The molecule has 1 unspecified atom stereocenters. The van der Waals surface area contributed by atoms with Crippen molar-refractivity contribution in [3.05, 3.63) is 71.3 Å². The first-order valence-electron chi connectivity index (χ1n) is 8.79. The number of nitrogens with one attached hydrogen (secondary N) is 1. The summed E-state index contributed by atoms with van der Waals surface area (Å²) < 4.78 is 0. The standard InChI is InChI=1S/C21H24N2O2/c1-16-7-5-6-10-19(16)21(25)22-14-18-13-20(24)23(15-18)12-11-17-8-3-2-4-9-17/h2-10,18H,11-15H2,1H3,(H,22,25). The minimum Gasteiger partial charge on any atom is -0.352 e.